The van der Waals surface area contributed by atoms with E-state index in [0.29, 0.717) is 18.1 Å². The zero-order valence-corrected chi connectivity index (χ0v) is 10.7. The largest absolute Gasteiger partial charge is 0.451 e. The van der Waals surface area contributed by atoms with Crippen LogP contribution in [0.1, 0.15) is 17.3 Å². The molecule has 1 aliphatic heterocycles. The first-order valence-electron chi connectivity index (χ1n) is 6.16. The zero-order valence-electron chi connectivity index (χ0n) is 10.7. The summed E-state index contributed by atoms with van der Waals surface area (Å²) in [6.45, 7) is 0.439. The van der Waals surface area contributed by atoms with Crippen molar-refractivity contribution in [2.75, 3.05) is 11.4 Å². The van der Waals surface area contributed by atoms with Crippen molar-refractivity contribution in [3.63, 3.8) is 0 Å². The van der Waals surface area contributed by atoms with Gasteiger partial charge in [0, 0.05) is 13.1 Å². The molecule has 0 atom stereocenters. The highest BCUT2D eigenvalue weighted by molar-refractivity contribution is 5.38. The molecule has 0 bridgehead atoms. The minimum absolute atomic E-state index is 0.126. The third-order valence-electron chi connectivity index (χ3n) is 3.20. The van der Waals surface area contributed by atoms with Gasteiger partial charge in [0.2, 0.25) is 5.82 Å². The Morgan fingerprint density at radius 2 is 1.90 bits per heavy atom. The Balaban J connectivity index is 1.83. The molecule has 0 radical (unpaired) electrons. The third-order valence-corrected chi connectivity index (χ3v) is 3.20. The van der Waals surface area contributed by atoms with E-state index in [9.17, 15) is 13.2 Å². The summed E-state index contributed by atoms with van der Waals surface area (Å²) in [5, 5.41) is 23.5. The van der Waals surface area contributed by atoms with Crippen LogP contribution in [0.5, 0.6) is 0 Å². The van der Waals surface area contributed by atoms with Crippen molar-refractivity contribution < 1.29 is 18.3 Å². The van der Waals surface area contributed by atoms with Crippen molar-refractivity contribution in [2.24, 2.45) is 0 Å². The number of aromatic nitrogens is 5. The van der Waals surface area contributed by atoms with Crippen LogP contribution < -0.4 is 4.90 Å². The predicted molar refractivity (Wildman–Crippen MR) is 64.0 cm³/mol. The van der Waals surface area contributed by atoms with Gasteiger partial charge in [0.05, 0.1) is 18.8 Å². The number of aliphatic hydroxyl groups is 1. The van der Waals surface area contributed by atoms with Gasteiger partial charge in [-0.25, -0.2) is 0 Å². The Kier molecular flexibility index (Phi) is 3.24. The maximum absolute atomic E-state index is 12.7. The molecule has 0 fully saturated rings. The number of hydrogen-bond donors (Lipinski definition) is 1. The van der Waals surface area contributed by atoms with E-state index in [2.05, 4.69) is 20.4 Å². The number of aliphatic hydroxyl groups excluding tert-OH is 1. The fourth-order valence-corrected chi connectivity index (χ4v) is 2.17. The van der Waals surface area contributed by atoms with Gasteiger partial charge in [-0.1, -0.05) is 0 Å². The van der Waals surface area contributed by atoms with Gasteiger partial charge in [0.15, 0.2) is 11.6 Å². The lowest BCUT2D eigenvalue weighted by atomic mass is 10.3. The Hall–Kier alpha value is -2.23. The van der Waals surface area contributed by atoms with Crippen LogP contribution in [0.3, 0.4) is 0 Å². The molecule has 1 N–H and O–H groups in total. The maximum atomic E-state index is 12.7. The molecule has 0 amide bonds. The van der Waals surface area contributed by atoms with Gasteiger partial charge < -0.3 is 14.6 Å². The van der Waals surface area contributed by atoms with Crippen molar-refractivity contribution in [2.45, 2.75) is 25.9 Å². The predicted octanol–water partition coefficient (Wildman–Crippen LogP) is 0.599. The molecular weight excluding hydrogens is 289 g/mol. The van der Waals surface area contributed by atoms with Crippen LogP contribution >= 0.6 is 0 Å². The Bertz CT molecular complexity index is 638. The first-order valence-corrected chi connectivity index (χ1v) is 6.16. The van der Waals surface area contributed by atoms with E-state index < -0.39 is 12.0 Å². The van der Waals surface area contributed by atoms with Crippen molar-refractivity contribution in [1.29, 1.82) is 0 Å². The second-order valence-electron chi connectivity index (χ2n) is 4.55. The monoisotopic (exact) mass is 300 g/mol. The molecule has 0 spiro atoms. The number of hydrogen-bond acceptors (Lipinski definition) is 6. The number of nitrogens with zero attached hydrogens (tertiary/aromatic N) is 6. The summed E-state index contributed by atoms with van der Waals surface area (Å²) in [5.74, 6) is -0.213. The van der Waals surface area contributed by atoms with E-state index >= 15 is 0 Å². The molecular formula is C11H11F3N6O. The molecule has 0 aliphatic carbocycles. The van der Waals surface area contributed by atoms with Crippen LogP contribution in [-0.2, 0) is 25.9 Å². The molecule has 0 saturated carbocycles. The van der Waals surface area contributed by atoms with Gasteiger partial charge in [-0.3, -0.25) is 0 Å². The molecule has 1 aliphatic rings. The van der Waals surface area contributed by atoms with Crippen molar-refractivity contribution in [1.82, 2.24) is 25.0 Å². The SMILES string of the molecule is OCc1ccc(N2CCn3c(nnc3C(F)(F)F)C2)nn1. The molecule has 112 valence electrons. The Labute approximate surface area is 117 Å². The lowest BCUT2D eigenvalue weighted by Crippen LogP contribution is -2.36. The highest BCUT2D eigenvalue weighted by atomic mass is 19.4. The lowest BCUT2D eigenvalue weighted by Gasteiger charge is -2.28. The minimum Gasteiger partial charge on any atom is -0.390 e. The first-order chi connectivity index (χ1) is 9.99. The fourth-order valence-electron chi connectivity index (χ4n) is 2.17. The van der Waals surface area contributed by atoms with Crippen molar-refractivity contribution in [3.05, 3.63) is 29.5 Å². The third kappa shape index (κ3) is 2.53. The van der Waals surface area contributed by atoms with Crippen molar-refractivity contribution >= 4 is 5.82 Å². The van der Waals surface area contributed by atoms with Gasteiger partial charge in [0.1, 0.15) is 0 Å². The summed E-state index contributed by atoms with van der Waals surface area (Å²) in [6.07, 6.45) is -4.50. The molecule has 0 unspecified atom stereocenters. The number of rotatable bonds is 2. The normalized spacial score (nSPS) is 15.1. The molecule has 2 aromatic rings. The van der Waals surface area contributed by atoms with Gasteiger partial charge in [-0.2, -0.15) is 18.3 Å². The van der Waals surface area contributed by atoms with Crippen LogP contribution in [0, 0.1) is 0 Å². The Morgan fingerprint density at radius 1 is 1.10 bits per heavy atom. The number of anilines is 1. The topological polar surface area (TPSA) is 80.0 Å². The summed E-state index contributed by atoms with van der Waals surface area (Å²) in [4.78, 5) is 1.76. The van der Waals surface area contributed by atoms with Crippen LogP contribution in [-0.4, -0.2) is 36.6 Å². The Morgan fingerprint density at radius 3 is 2.52 bits per heavy atom. The van der Waals surface area contributed by atoms with Crippen LogP contribution in [0.2, 0.25) is 0 Å². The summed E-state index contributed by atoms with van der Waals surface area (Å²) in [5.41, 5.74) is 0.429. The average Bonchev–Trinajstić information content (AvgIpc) is 2.90. The summed E-state index contributed by atoms with van der Waals surface area (Å²) in [7, 11) is 0. The van der Waals surface area contributed by atoms with Gasteiger partial charge in [-0.15, -0.1) is 15.3 Å². The lowest BCUT2D eigenvalue weighted by molar-refractivity contribution is -0.147. The van der Waals surface area contributed by atoms with E-state index in [-0.39, 0.29) is 25.5 Å². The van der Waals surface area contributed by atoms with E-state index in [1.807, 2.05) is 0 Å². The average molecular weight is 300 g/mol. The van der Waals surface area contributed by atoms with E-state index in [4.69, 9.17) is 5.11 Å². The molecule has 3 heterocycles. The second-order valence-corrected chi connectivity index (χ2v) is 4.55. The number of halogens is 3. The first kappa shape index (κ1) is 13.7. The summed E-state index contributed by atoms with van der Waals surface area (Å²) in [6, 6.07) is 3.28. The maximum Gasteiger partial charge on any atom is 0.451 e. The standard InChI is InChI=1S/C11H11F3N6O/c12-11(13,14)10-18-17-9-5-19(3-4-20(9)10)8-2-1-7(6-21)15-16-8/h1-2,21H,3-6H2. The second kappa shape index (κ2) is 4.95. The quantitative estimate of drug-likeness (QED) is 0.875. The van der Waals surface area contributed by atoms with E-state index in [1.165, 1.54) is 0 Å². The van der Waals surface area contributed by atoms with E-state index in [1.54, 1.807) is 17.0 Å². The van der Waals surface area contributed by atoms with Gasteiger partial charge in [-0.05, 0) is 12.1 Å². The molecule has 7 nitrogen and oxygen atoms in total. The fraction of sp³-hybridized carbons (Fsp3) is 0.455. The minimum atomic E-state index is -4.50. The molecule has 10 heteroatoms. The van der Waals surface area contributed by atoms with Crippen LogP contribution in [0.4, 0.5) is 19.0 Å². The van der Waals surface area contributed by atoms with Crippen LogP contribution in [0.15, 0.2) is 12.1 Å². The number of fused-ring (bicyclic) bond motifs is 1. The van der Waals surface area contributed by atoms with E-state index in [0.717, 1.165) is 4.57 Å². The number of alkyl halides is 3. The molecule has 0 aromatic carbocycles. The highest BCUT2D eigenvalue weighted by Gasteiger charge is 2.39. The molecule has 3 rings (SSSR count). The summed E-state index contributed by atoms with van der Waals surface area (Å²) < 4.78 is 39.3. The molecule has 0 saturated heterocycles. The van der Waals surface area contributed by atoms with Crippen LogP contribution in [0.25, 0.3) is 0 Å². The highest BCUT2D eigenvalue weighted by Crippen LogP contribution is 2.30. The summed E-state index contributed by atoms with van der Waals surface area (Å²) >= 11 is 0. The molecule has 2 aromatic heterocycles. The zero-order chi connectivity index (χ0) is 15.0. The molecule has 21 heavy (non-hydrogen) atoms. The van der Waals surface area contributed by atoms with Crippen molar-refractivity contribution in [3.8, 4) is 0 Å². The van der Waals surface area contributed by atoms with Gasteiger partial charge >= 0.3 is 6.18 Å². The van der Waals surface area contributed by atoms with Gasteiger partial charge in [0.25, 0.3) is 0 Å². The smallest absolute Gasteiger partial charge is 0.390 e.